The van der Waals surface area contributed by atoms with E-state index in [0.29, 0.717) is 12.2 Å². The van der Waals surface area contributed by atoms with Crippen LogP contribution in [0.2, 0.25) is 0 Å². The molecule has 0 spiro atoms. The SMILES string of the molecule is CCCn1nnnc1COC(=O)C[C@H](C)SC. The Morgan fingerprint density at radius 2 is 2.35 bits per heavy atom. The van der Waals surface area contributed by atoms with Crippen LogP contribution in [0.15, 0.2) is 0 Å². The number of hydrogen-bond acceptors (Lipinski definition) is 6. The van der Waals surface area contributed by atoms with E-state index in [9.17, 15) is 4.79 Å². The minimum absolute atomic E-state index is 0.146. The smallest absolute Gasteiger partial charge is 0.307 e. The highest BCUT2D eigenvalue weighted by atomic mass is 32.2. The lowest BCUT2D eigenvalue weighted by atomic mass is 10.3. The van der Waals surface area contributed by atoms with Gasteiger partial charge in [-0.1, -0.05) is 13.8 Å². The number of carbonyl (C=O) groups excluding carboxylic acids is 1. The molecule has 0 amide bonds. The predicted molar refractivity (Wildman–Crippen MR) is 65.5 cm³/mol. The Labute approximate surface area is 105 Å². The molecule has 0 radical (unpaired) electrons. The number of thioether (sulfide) groups is 1. The summed E-state index contributed by atoms with van der Waals surface area (Å²) in [6.07, 6.45) is 3.33. The van der Waals surface area contributed by atoms with Crippen molar-refractivity contribution >= 4 is 17.7 Å². The molecule has 0 fully saturated rings. The van der Waals surface area contributed by atoms with Crippen LogP contribution in [0.3, 0.4) is 0 Å². The summed E-state index contributed by atoms with van der Waals surface area (Å²) in [7, 11) is 0. The van der Waals surface area contributed by atoms with Gasteiger partial charge in [0.05, 0.1) is 6.42 Å². The Balaban J connectivity index is 2.39. The minimum atomic E-state index is -0.210. The fourth-order valence-electron chi connectivity index (χ4n) is 1.23. The average Bonchev–Trinajstić information content (AvgIpc) is 2.74. The topological polar surface area (TPSA) is 69.9 Å². The molecule has 0 aliphatic heterocycles. The van der Waals surface area contributed by atoms with Crippen LogP contribution in [0.1, 0.15) is 32.5 Å². The van der Waals surface area contributed by atoms with Crippen molar-refractivity contribution in [2.75, 3.05) is 6.26 Å². The number of carbonyl (C=O) groups is 1. The van der Waals surface area contributed by atoms with Crippen molar-refractivity contribution in [3.05, 3.63) is 5.82 Å². The lowest BCUT2D eigenvalue weighted by molar-refractivity contribution is -0.145. The van der Waals surface area contributed by atoms with E-state index >= 15 is 0 Å². The van der Waals surface area contributed by atoms with Crippen LogP contribution in [0, 0.1) is 0 Å². The highest BCUT2D eigenvalue weighted by molar-refractivity contribution is 7.99. The summed E-state index contributed by atoms with van der Waals surface area (Å²) >= 11 is 1.64. The van der Waals surface area contributed by atoms with Crippen LogP contribution in [0.25, 0.3) is 0 Å². The van der Waals surface area contributed by atoms with Gasteiger partial charge in [0.25, 0.3) is 0 Å². The summed E-state index contributed by atoms with van der Waals surface area (Å²) in [6, 6.07) is 0. The van der Waals surface area contributed by atoms with Gasteiger partial charge in [-0.3, -0.25) is 4.79 Å². The second-order valence-electron chi connectivity index (χ2n) is 3.73. The van der Waals surface area contributed by atoms with Crippen LogP contribution in [0.4, 0.5) is 0 Å². The normalized spacial score (nSPS) is 12.4. The molecule has 0 N–H and O–H groups in total. The molecule has 0 aliphatic carbocycles. The third kappa shape index (κ3) is 4.72. The van der Waals surface area contributed by atoms with Gasteiger partial charge < -0.3 is 4.74 Å². The monoisotopic (exact) mass is 258 g/mol. The van der Waals surface area contributed by atoms with E-state index < -0.39 is 0 Å². The molecule has 17 heavy (non-hydrogen) atoms. The second kappa shape index (κ2) is 7.26. The fraction of sp³-hybridized carbons (Fsp3) is 0.800. The first-order valence-corrected chi connectivity index (χ1v) is 6.89. The maximum Gasteiger partial charge on any atom is 0.307 e. The lowest BCUT2D eigenvalue weighted by Gasteiger charge is -2.08. The molecule has 1 heterocycles. The van der Waals surface area contributed by atoms with E-state index in [0.717, 1.165) is 13.0 Å². The molecule has 1 atom stereocenters. The van der Waals surface area contributed by atoms with Gasteiger partial charge >= 0.3 is 5.97 Å². The van der Waals surface area contributed by atoms with Crippen LogP contribution in [-0.2, 0) is 22.7 Å². The van der Waals surface area contributed by atoms with E-state index in [4.69, 9.17) is 4.74 Å². The fourth-order valence-corrected chi connectivity index (χ4v) is 1.54. The molecule has 6 nitrogen and oxygen atoms in total. The predicted octanol–water partition coefficient (Wildman–Crippen LogP) is 1.27. The van der Waals surface area contributed by atoms with E-state index in [1.165, 1.54) is 0 Å². The lowest BCUT2D eigenvalue weighted by Crippen LogP contribution is -2.13. The molecule has 7 heteroatoms. The number of hydrogen-bond donors (Lipinski definition) is 0. The van der Waals surface area contributed by atoms with Crippen LogP contribution < -0.4 is 0 Å². The van der Waals surface area contributed by atoms with Gasteiger partial charge in [-0.2, -0.15) is 11.8 Å². The minimum Gasteiger partial charge on any atom is -0.457 e. The quantitative estimate of drug-likeness (QED) is 0.686. The number of esters is 1. The van der Waals surface area contributed by atoms with Gasteiger partial charge in [0.2, 0.25) is 0 Å². The Hall–Kier alpha value is -1.11. The van der Waals surface area contributed by atoms with Crippen molar-refractivity contribution in [2.45, 2.75) is 45.1 Å². The highest BCUT2D eigenvalue weighted by Gasteiger charge is 2.12. The molecule has 0 bridgehead atoms. The van der Waals surface area contributed by atoms with Crippen molar-refractivity contribution in [2.24, 2.45) is 0 Å². The summed E-state index contributed by atoms with van der Waals surface area (Å²) in [4.78, 5) is 11.5. The van der Waals surface area contributed by atoms with Crippen molar-refractivity contribution in [3.63, 3.8) is 0 Å². The molecule has 1 aromatic heterocycles. The van der Waals surface area contributed by atoms with Gasteiger partial charge in [0.15, 0.2) is 12.4 Å². The number of aryl methyl sites for hydroxylation is 1. The molecular formula is C10H18N4O2S. The van der Waals surface area contributed by atoms with Crippen molar-refractivity contribution < 1.29 is 9.53 Å². The first kappa shape index (κ1) is 14.0. The molecule has 0 saturated heterocycles. The molecule has 0 unspecified atom stereocenters. The summed E-state index contributed by atoms with van der Waals surface area (Å²) in [6.45, 7) is 4.92. The zero-order valence-corrected chi connectivity index (χ0v) is 11.2. The third-order valence-corrected chi connectivity index (χ3v) is 3.23. The van der Waals surface area contributed by atoms with Crippen LogP contribution in [0.5, 0.6) is 0 Å². The van der Waals surface area contributed by atoms with E-state index in [2.05, 4.69) is 15.5 Å². The number of rotatable bonds is 7. The van der Waals surface area contributed by atoms with E-state index in [1.54, 1.807) is 16.4 Å². The largest absolute Gasteiger partial charge is 0.457 e. The molecule has 1 aromatic rings. The Kier molecular flexibility index (Phi) is 5.96. The van der Waals surface area contributed by atoms with Crippen LogP contribution >= 0.6 is 11.8 Å². The molecule has 0 aliphatic rings. The zero-order chi connectivity index (χ0) is 12.7. The maximum atomic E-state index is 11.5. The third-order valence-electron chi connectivity index (χ3n) is 2.26. The van der Waals surface area contributed by atoms with Gasteiger partial charge in [-0.05, 0) is 23.1 Å². The Bertz CT molecular complexity index is 356. The van der Waals surface area contributed by atoms with Gasteiger partial charge in [0, 0.05) is 11.8 Å². The highest BCUT2D eigenvalue weighted by Crippen LogP contribution is 2.10. The van der Waals surface area contributed by atoms with Gasteiger partial charge in [0.1, 0.15) is 0 Å². The Morgan fingerprint density at radius 3 is 3.00 bits per heavy atom. The maximum absolute atomic E-state index is 11.5. The molecular weight excluding hydrogens is 240 g/mol. The molecule has 1 rings (SSSR count). The number of aromatic nitrogens is 4. The first-order chi connectivity index (χ1) is 8.17. The standard InChI is InChI=1S/C10H18N4O2S/c1-4-5-14-9(11-12-13-14)7-16-10(15)6-8(2)17-3/h8H,4-7H2,1-3H3/t8-/m0/s1. The van der Waals surface area contributed by atoms with E-state index in [1.807, 2.05) is 20.1 Å². The van der Waals surface area contributed by atoms with E-state index in [-0.39, 0.29) is 17.8 Å². The second-order valence-corrected chi connectivity index (χ2v) is 5.01. The van der Waals surface area contributed by atoms with Crippen molar-refractivity contribution in [1.82, 2.24) is 20.2 Å². The Morgan fingerprint density at radius 1 is 1.59 bits per heavy atom. The van der Waals surface area contributed by atoms with Gasteiger partial charge in [-0.25, -0.2) is 4.68 Å². The molecule has 0 aromatic carbocycles. The first-order valence-electron chi connectivity index (χ1n) is 5.60. The van der Waals surface area contributed by atoms with Crippen molar-refractivity contribution in [3.8, 4) is 0 Å². The van der Waals surface area contributed by atoms with Crippen molar-refractivity contribution in [1.29, 1.82) is 0 Å². The summed E-state index contributed by atoms with van der Waals surface area (Å²) < 4.78 is 6.79. The number of tetrazole rings is 1. The summed E-state index contributed by atoms with van der Waals surface area (Å²) in [5, 5.41) is 11.5. The average molecular weight is 258 g/mol. The molecule has 96 valence electrons. The zero-order valence-electron chi connectivity index (χ0n) is 10.4. The number of nitrogens with zero attached hydrogens (tertiary/aromatic N) is 4. The number of ether oxygens (including phenoxy) is 1. The molecule has 0 saturated carbocycles. The van der Waals surface area contributed by atoms with Crippen LogP contribution in [-0.4, -0.2) is 37.7 Å². The summed E-state index contributed by atoms with van der Waals surface area (Å²) in [5.41, 5.74) is 0. The van der Waals surface area contributed by atoms with Gasteiger partial charge in [-0.15, -0.1) is 5.10 Å². The summed E-state index contributed by atoms with van der Waals surface area (Å²) in [5.74, 6) is 0.384.